The topological polar surface area (TPSA) is 96.6 Å². The first-order valence-corrected chi connectivity index (χ1v) is 10.1. The summed E-state index contributed by atoms with van der Waals surface area (Å²) < 4.78 is 27.0. The lowest BCUT2D eigenvalue weighted by molar-refractivity contribution is 0.581. The van der Waals surface area contributed by atoms with Crippen molar-refractivity contribution < 1.29 is 8.42 Å². The average molecular weight is 372 g/mol. The molecule has 26 heavy (non-hydrogen) atoms. The average Bonchev–Trinajstić information content (AvgIpc) is 3.35. The van der Waals surface area contributed by atoms with Gasteiger partial charge in [-0.25, -0.2) is 18.1 Å². The van der Waals surface area contributed by atoms with Crippen LogP contribution in [0, 0.1) is 13.8 Å². The number of sulfonamides is 1. The fourth-order valence-corrected chi connectivity index (χ4v) is 3.98. The fourth-order valence-electron chi connectivity index (χ4n) is 2.67. The Morgan fingerprint density at radius 3 is 2.31 bits per heavy atom. The minimum Gasteiger partial charge on any atom is -0.370 e. The molecule has 0 unspecified atom stereocenters. The van der Waals surface area contributed by atoms with E-state index in [9.17, 15) is 8.42 Å². The molecule has 1 fully saturated rings. The first kappa shape index (κ1) is 18.4. The van der Waals surface area contributed by atoms with Crippen molar-refractivity contribution in [2.45, 2.75) is 44.2 Å². The monoisotopic (exact) mass is 372 g/mol. The number of nitrogens with zero attached hydrogens (tertiary/aromatic N) is 1. The number of hydrogen-bond acceptors (Lipinski definition) is 3. The quantitative estimate of drug-likeness (QED) is 0.536. The lowest BCUT2D eigenvalue weighted by Gasteiger charge is -2.08. The van der Waals surface area contributed by atoms with Crippen molar-refractivity contribution in [1.29, 1.82) is 0 Å². The molecule has 7 heteroatoms. The SMILES string of the molecule is Cc1cc(C)cc(NC(N)=NCc2ccc(S(=O)(=O)NC3CC3)cc2)c1. The largest absolute Gasteiger partial charge is 0.370 e. The van der Waals surface area contributed by atoms with Gasteiger partial charge in [-0.05, 0) is 67.6 Å². The maximum absolute atomic E-state index is 12.1. The van der Waals surface area contributed by atoms with E-state index in [1.165, 1.54) is 0 Å². The Balaban J connectivity index is 1.62. The van der Waals surface area contributed by atoms with Crippen LogP contribution >= 0.6 is 0 Å². The number of benzene rings is 2. The Hall–Kier alpha value is -2.38. The Bertz CT molecular complexity index is 897. The molecule has 0 amide bonds. The van der Waals surface area contributed by atoms with Crippen molar-refractivity contribution in [2.24, 2.45) is 10.7 Å². The van der Waals surface area contributed by atoms with Gasteiger partial charge in [-0.1, -0.05) is 18.2 Å². The number of rotatable bonds is 6. The summed E-state index contributed by atoms with van der Waals surface area (Å²) in [5.74, 6) is 0.321. The number of hydrogen-bond donors (Lipinski definition) is 3. The molecule has 0 aliphatic heterocycles. The molecule has 6 nitrogen and oxygen atoms in total. The van der Waals surface area contributed by atoms with Gasteiger partial charge in [-0.2, -0.15) is 0 Å². The van der Waals surface area contributed by atoms with Gasteiger partial charge in [-0.15, -0.1) is 0 Å². The molecule has 2 aromatic rings. The molecular formula is C19H24N4O2S. The zero-order chi connectivity index (χ0) is 18.7. The molecule has 1 saturated carbocycles. The second-order valence-electron chi connectivity index (χ2n) is 6.74. The number of nitrogens with one attached hydrogen (secondary N) is 2. The molecule has 4 N–H and O–H groups in total. The summed E-state index contributed by atoms with van der Waals surface area (Å²) in [6.07, 6.45) is 1.83. The van der Waals surface area contributed by atoms with Gasteiger partial charge < -0.3 is 11.1 Å². The molecule has 0 aromatic heterocycles. The third-order valence-corrected chi connectivity index (χ3v) is 5.60. The number of anilines is 1. The number of aliphatic imine (C=N–C) groups is 1. The summed E-state index contributed by atoms with van der Waals surface area (Å²) in [4.78, 5) is 4.59. The molecule has 1 aliphatic rings. The van der Waals surface area contributed by atoms with E-state index in [1.807, 2.05) is 26.0 Å². The molecule has 0 saturated heterocycles. The van der Waals surface area contributed by atoms with E-state index in [0.717, 1.165) is 35.2 Å². The van der Waals surface area contributed by atoms with Gasteiger partial charge in [0.2, 0.25) is 10.0 Å². The second-order valence-corrected chi connectivity index (χ2v) is 8.46. The van der Waals surface area contributed by atoms with Crippen molar-refractivity contribution in [1.82, 2.24) is 4.72 Å². The Kier molecular flexibility index (Phi) is 5.29. The summed E-state index contributed by atoms with van der Waals surface area (Å²) in [5, 5.41) is 3.08. The molecule has 0 spiro atoms. The zero-order valence-electron chi connectivity index (χ0n) is 15.0. The van der Waals surface area contributed by atoms with E-state index in [2.05, 4.69) is 21.1 Å². The number of guanidine groups is 1. The third-order valence-electron chi connectivity index (χ3n) is 4.06. The van der Waals surface area contributed by atoms with E-state index in [0.29, 0.717) is 12.5 Å². The normalized spacial score (nSPS) is 15.1. The van der Waals surface area contributed by atoms with Crippen LogP contribution in [0.15, 0.2) is 52.4 Å². The van der Waals surface area contributed by atoms with Crippen LogP contribution in [0.5, 0.6) is 0 Å². The molecule has 0 heterocycles. The highest BCUT2D eigenvalue weighted by molar-refractivity contribution is 7.89. The highest BCUT2D eigenvalue weighted by atomic mass is 32.2. The first-order chi connectivity index (χ1) is 12.3. The Labute approximate surface area is 154 Å². The van der Waals surface area contributed by atoms with Crippen LogP contribution in [0.25, 0.3) is 0 Å². The van der Waals surface area contributed by atoms with Gasteiger partial charge >= 0.3 is 0 Å². The third kappa shape index (κ3) is 5.06. The van der Waals surface area contributed by atoms with Crippen molar-refractivity contribution >= 4 is 21.7 Å². The smallest absolute Gasteiger partial charge is 0.240 e. The van der Waals surface area contributed by atoms with Gasteiger partial charge in [-0.3, -0.25) is 0 Å². The number of aryl methyl sites for hydroxylation is 2. The standard InChI is InChI=1S/C19H24N4O2S/c1-13-9-14(2)11-17(10-13)22-19(20)21-12-15-3-7-18(8-4-15)26(24,25)23-16-5-6-16/h3-4,7-11,16,23H,5-6,12H2,1-2H3,(H3,20,21,22). The Morgan fingerprint density at radius 2 is 1.73 bits per heavy atom. The molecule has 138 valence electrons. The lowest BCUT2D eigenvalue weighted by atomic mass is 10.1. The van der Waals surface area contributed by atoms with Crippen LogP contribution in [-0.2, 0) is 16.6 Å². The first-order valence-electron chi connectivity index (χ1n) is 8.58. The Morgan fingerprint density at radius 1 is 1.12 bits per heavy atom. The van der Waals surface area contributed by atoms with Crippen LogP contribution in [-0.4, -0.2) is 20.4 Å². The van der Waals surface area contributed by atoms with Crippen LogP contribution in [0.2, 0.25) is 0 Å². The van der Waals surface area contributed by atoms with Gasteiger partial charge in [0.1, 0.15) is 0 Å². The van der Waals surface area contributed by atoms with E-state index in [4.69, 9.17) is 5.73 Å². The maximum atomic E-state index is 12.1. The molecule has 0 bridgehead atoms. The van der Waals surface area contributed by atoms with Crippen molar-refractivity contribution in [3.05, 3.63) is 59.2 Å². The zero-order valence-corrected chi connectivity index (χ0v) is 15.8. The van der Waals surface area contributed by atoms with E-state index >= 15 is 0 Å². The van der Waals surface area contributed by atoms with Crippen molar-refractivity contribution in [3.8, 4) is 0 Å². The predicted octanol–water partition coefficient (Wildman–Crippen LogP) is 2.67. The molecule has 0 atom stereocenters. The summed E-state index contributed by atoms with van der Waals surface area (Å²) in [6.45, 7) is 4.43. The van der Waals surface area contributed by atoms with Crippen LogP contribution in [0.1, 0.15) is 29.5 Å². The highest BCUT2D eigenvalue weighted by Crippen LogP contribution is 2.22. The highest BCUT2D eigenvalue weighted by Gasteiger charge is 2.27. The van der Waals surface area contributed by atoms with Gasteiger partial charge in [0.05, 0.1) is 11.4 Å². The van der Waals surface area contributed by atoms with Crippen LogP contribution in [0.3, 0.4) is 0 Å². The minimum absolute atomic E-state index is 0.0976. The molecule has 1 aliphatic carbocycles. The lowest BCUT2D eigenvalue weighted by Crippen LogP contribution is -2.25. The second kappa shape index (κ2) is 7.47. The molecule has 0 radical (unpaired) electrons. The molecular weight excluding hydrogens is 348 g/mol. The van der Waals surface area contributed by atoms with E-state index in [-0.39, 0.29) is 10.9 Å². The minimum atomic E-state index is -3.42. The molecule has 2 aromatic carbocycles. The van der Waals surface area contributed by atoms with E-state index in [1.54, 1.807) is 24.3 Å². The molecule has 3 rings (SSSR count). The summed E-state index contributed by atoms with van der Waals surface area (Å²) >= 11 is 0. The number of nitrogens with two attached hydrogens (primary N) is 1. The fraction of sp³-hybridized carbons (Fsp3) is 0.316. The van der Waals surface area contributed by atoms with Crippen molar-refractivity contribution in [2.75, 3.05) is 5.32 Å². The maximum Gasteiger partial charge on any atom is 0.240 e. The van der Waals surface area contributed by atoms with E-state index < -0.39 is 10.0 Å². The van der Waals surface area contributed by atoms with Crippen molar-refractivity contribution in [3.63, 3.8) is 0 Å². The summed E-state index contributed by atoms with van der Waals surface area (Å²) in [5.41, 5.74) is 10.0. The summed E-state index contributed by atoms with van der Waals surface area (Å²) in [7, 11) is -3.42. The van der Waals surface area contributed by atoms with Crippen LogP contribution in [0.4, 0.5) is 5.69 Å². The van der Waals surface area contributed by atoms with Gasteiger partial charge in [0.25, 0.3) is 0 Å². The predicted molar refractivity (Wildman–Crippen MR) is 105 cm³/mol. The van der Waals surface area contributed by atoms with Crippen LogP contribution < -0.4 is 15.8 Å². The van der Waals surface area contributed by atoms with Gasteiger partial charge in [0, 0.05) is 11.7 Å². The van der Waals surface area contributed by atoms with Gasteiger partial charge in [0.15, 0.2) is 5.96 Å². The summed E-state index contributed by atoms with van der Waals surface area (Å²) in [6, 6.07) is 12.9.